The van der Waals surface area contributed by atoms with Crippen LogP contribution in [0.3, 0.4) is 0 Å². The van der Waals surface area contributed by atoms with Gasteiger partial charge < -0.3 is 5.73 Å². The van der Waals surface area contributed by atoms with Gasteiger partial charge in [-0.25, -0.2) is 0 Å². The Hall–Kier alpha value is -0.0800. The summed E-state index contributed by atoms with van der Waals surface area (Å²) in [5, 5.41) is 0. The molecule has 112 valence electrons. The molecule has 1 heterocycles. The van der Waals surface area contributed by atoms with Crippen molar-refractivity contribution in [2.24, 2.45) is 17.1 Å². The minimum atomic E-state index is 0.325. The molecule has 2 unspecified atom stereocenters. The maximum atomic E-state index is 6.25. The fraction of sp³-hybridized carbons (Fsp3) is 1.00. The quantitative estimate of drug-likeness (QED) is 0.838. The van der Waals surface area contributed by atoms with E-state index < -0.39 is 0 Å². The van der Waals surface area contributed by atoms with Crippen molar-refractivity contribution in [1.29, 1.82) is 0 Å². The first-order valence-corrected chi connectivity index (χ1v) is 8.57. The first-order valence-electron chi connectivity index (χ1n) is 8.57. The Morgan fingerprint density at radius 2 is 1.68 bits per heavy atom. The van der Waals surface area contributed by atoms with E-state index in [1.54, 1.807) is 0 Å². The van der Waals surface area contributed by atoms with Gasteiger partial charge in [0.2, 0.25) is 0 Å². The molecule has 0 spiro atoms. The van der Waals surface area contributed by atoms with Gasteiger partial charge in [0.15, 0.2) is 0 Å². The summed E-state index contributed by atoms with van der Waals surface area (Å²) in [4.78, 5) is 2.78. The largest absolute Gasteiger partial charge is 0.329 e. The Bertz CT molecular complexity index is 275. The van der Waals surface area contributed by atoms with E-state index in [1.807, 2.05) is 0 Å². The number of hydrogen-bond donors (Lipinski definition) is 1. The summed E-state index contributed by atoms with van der Waals surface area (Å²) in [6, 6.07) is 0. The van der Waals surface area contributed by atoms with E-state index in [2.05, 4.69) is 25.7 Å². The van der Waals surface area contributed by atoms with Crippen LogP contribution in [0, 0.1) is 11.3 Å². The molecule has 2 fully saturated rings. The summed E-state index contributed by atoms with van der Waals surface area (Å²) in [5.41, 5.74) is 7.20. The van der Waals surface area contributed by atoms with Crippen molar-refractivity contribution in [1.82, 2.24) is 4.90 Å². The van der Waals surface area contributed by atoms with Crippen molar-refractivity contribution in [2.75, 3.05) is 19.6 Å². The van der Waals surface area contributed by atoms with Gasteiger partial charge in [-0.15, -0.1) is 0 Å². The second-order valence-corrected chi connectivity index (χ2v) is 7.15. The first-order chi connectivity index (χ1) is 9.12. The van der Waals surface area contributed by atoms with E-state index in [9.17, 15) is 0 Å². The lowest BCUT2D eigenvalue weighted by molar-refractivity contribution is -0.0316. The molecule has 1 aliphatic heterocycles. The van der Waals surface area contributed by atoms with Gasteiger partial charge in [0.05, 0.1) is 0 Å². The van der Waals surface area contributed by atoms with Crippen LogP contribution >= 0.6 is 0 Å². The first kappa shape index (κ1) is 15.3. The summed E-state index contributed by atoms with van der Waals surface area (Å²) in [6.45, 7) is 10.6. The van der Waals surface area contributed by atoms with Crippen molar-refractivity contribution in [3.63, 3.8) is 0 Å². The number of likely N-dealkylation sites (tertiary alicyclic amines) is 1. The van der Waals surface area contributed by atoms with Crippen molar-refractivity contribution in [3.8, 4) is 0 Å². The summed E-state index contributed by atoms with van der Waals surface area (Å²) in [5.74, 6) is 0.780. The van der Waals surface area contributed by atoms with Crippen LogP contribution in [0.4, 0.5) is 0 Å². The van der Waals surface area contributed by atoms with Crippen LogP contribution < -0.4 is 5.73 Å². The van der Waals surface area contributed by atoms with E-state index >= 15 is 0 Å². The van der Waals surface area contributed by atoms with E-state index in [0.29, 0.717) is 11.0 Å². The standard InChI is InChI=1S/C17H34N2/c1-4-16(5-2)10-12-19(13-11-16)17(14-18)9-7-6-8-15(17)3/h15H,4-14,18H2,1-3H3. The third kappa shape index (κ3) is 2.71. The predicted octanol–water partition coefficient (Wildman–Crippen LogP) is 3.80. The number of piperidine rings is 1. The molecule has 1 saturated carbocycles. The summed E-state index contributed by atoms with van der Waals surface area (Å²) < 4.78 is 0. The van der Waals surface area contributed by atoms with Crippen LogP contribution in [-0.2, 0) is 0 Å². The van der Waals surface area contributed by atoms with Gasteiger partial charge in [-0.1, -0.05) is 46.5 Å². The Kier molecular flexibility index (Phi) is 4.94. The van der Waals surface area contributed by atoms with Gasteiger partial charge in [-0.05, 0) is 50.1 Å². The molecular weight excluding hydrogens is 232 g/mol. The van der Waals surface area contributed by atoms with Crippen molar-refractivity contribution in [2.45, 2.75) is 77.7 Å². The maximum absolute atomic E-state index is 6.25. The minimum absolute atomic E-state index is 0.325. The third-order valence-electron chi connectivity index (χ3n) is 6.72. The van der Waals surface area contributed by atoms with Crippen LogP contribution in [0.25, 0.3) is 0 Å². The van der Waals surface area contributed by atoms with E-state index in [4.69, 9.17) is 5.73 Å². The predicted molar refractivity (Wildman–Crippen MR) is 83.2 cm³/mol. The lowest BCUT2D eigenvalue weighted by Crippen LogP contribution is -2.61. The molecule has 2 nitrogen and oxygen atoms in total. The lowest BCUT2D eigenvalue weighted by atomic mass is 9.68. The van der Waals surface area contributed by atoms with Gasteiger partial charge in [-0.3, -0.25) is 4.90 Å². The average molecular weight is 266 g/mol. The highest BCUT2D eigenvalue weighted by molar-refractivity contribution is 5.01. The summed E-state index contributed by atoms with van der Waals surface area (Å²) >= 11 is 0. The average Bonchev–Trinajstić information content (AvgIpc) is 2.48. The highest BCUT2D eigenvalue weighted by Gasteiger charge is 2.44. The SMILES string of the molecule is CCC1(CC)CCN(C2(CN)CCCCC2C)CC1. The Morgan fingerprint density at radius 3 is 2.16 bits per heavy atom. The molecule has 2 atom stereocenters. The highest BCUT2D eigenvalue weighted by Crippen LogP contribution is 2.44. The van der Waals surface area contributed by atoms with Crippen LogP contribution in [0.5, 0.6) is 0 Å². The van der Waals surface area contributed by atoms with Crippen molar-refractivity contribution < 1.29 is 0 Å². The van der Waals surface area contributed by atoms with Crippen LogP contribution in [0.15, 0.2) is 0 Å². The molecule has 0 radical (unpaired) electrons. The molecule has 2 rings (SSSR count). The Morgan fingerprint density at radius 1 is 1.05 bits per heavy atom. The zero-order chi connectivity index (χ0) is 13.9. The number of rotatable bonds is 4. The smallest absolute Gasteiger partial charge is 0.0357 e. The molecule has 2 N–H and O–H groups in total. The van der Waals surface area contributed by atoms with Crippen LogP contribution in [-0.4, -0.2) is 30.1 Å². The maximum Gasteiger partial charge on any atom is 0.0357 e. The Balaban J connectivity index is 2.06. The highest BCUT2D eigenvalue weighted by atomic mass is 15.2. The zero-order valence-corrected chi connectivity index (χ0v) is 13.4. The number of hydrogen-bond acceptors (Lipinski definition) is 2. The van der Waals surface area contributed by atoms with Gasteiger partial charge in [0.1, 0.15) is 0 Å². The molecule has 1 aliphatic carbocycles. The van der Waals surface area contributed by atoms with Gasteiger partial charge in [0, 0.05) is 12.1 Å². The van der Waals surface area contributed by atoms with Gasteiger partial charge in [0.25, 0.3) is 0 Å². The molecule has 0 aromatic heterocycles. The number of nitrogens with zero attached hydrogens (tertiary/aromatic N) is 1. The molecule has 0 bridgehead atoms. The van der Waals surface area contributed by atoms with Gasteiger partial charge >= 0.3 is 0 Å². The van der Waals surface area contributed by atoms with E-state index in [-0.39, 0.29) is 0 Å². The fourth-order valence-corrected chi connectivity index (χ4v) is 4.68. The molecule has 0 amide bonds. The van der Waals surface area contributed by atoms with Crippen LogP contribution in [0.1, 0.15) is 72.1 Å². The second-order valence-electron chi connectivity index (χ2n) is 7.15. The Labute approximate surface area is 120 Å². The van der Waals surface area contributed by atoms with Crippen LogP contribution in [0.2, 0.25) is 0 Å². The minimum Gasteiger partial charge on any atom is -0.329 e. The molecule has 19 heavy (non-hydrogen) atoms. The molecule has 2 aliphatic rings. The van der Waals surface area contributed by atoms with Crippen molar-refractivity contribution >= 4 is 0 Å². The molecule has 2 heteroatoms. The van der Waals surface area contributed by atoms with E-state index in [1.165, 1.54) is 64.5 Å². The second kappa shape index (κ2) is 6.13. The normalized spacial score (nSPS) is 36.3. The molecular formula is C17H34N2. The molecule has 0 aromatic carbocycles. The monoisotopic (exact) mass is 266 g/mol. The zero-order valence-electron chi connectivity index (χ0n) is 13.4. The van der Waals surface area contributed by atoms with Crippen molar-refractivity contribution in [3.05, 3.63) is 0 Å². The summed E-state index contributed by atoms with van der Waals surface area (Å²) in [7, 11) is 0. The number of nitrogens with two attached hydrogens (primary N) is 1. The molecule has 1 saturated heterocycles. The van der Waals surface area contributed by atoms with Gasteiger partial charge in [-0.2, -0.15) is 0 Å². The summed E-state index contributed by atoms with van der Waals surface area (Å²) in [6.07, 6.45) is 11.0. The fourth-order valence-electron chi connectivity index (χ4n) is 4.68. The van der Waals surface area contributed by atoms with E-state index in [0.717, 1.165) is 12.5 Å². The lowest BCUT2D eigenvalue weighted by Gasteiger charge is -2.54. The molecule has 0 aromatic rings. The third-order valence-corrected chi connectivity index (χ3v) is 6.72. The topological polar surface area (TPSA) is 29.3 Å².